The Kier molecular flexibility index (Phi) is 6.42. The van der Waals surface area contributed by atoms with Crippen molar-refractivity contribution in [1.82, 2.24) is 0 Å². The van der Waals surface area contributed by atoms with E-state index in [4.69, 9.17) is 19.3 Å². The minimum Gasteiger partial charge on any atom is -0.394 e. The van der Waals surface area contributed by atoms with Crippen molar-refractivity contribution in [2.75, 3.05) is 18.6 Å². The summed E-state index contributed by atoms with van der Waals surface area (Å²) in [5.74, 6) is 0.429. The fourth-order valence-corrected chi connectivity index (χ4v) is 3.12. The van der Waals surface area contributed by atoms with E-state index >= 15 is 0 Å². The minimum atomic E-state index is -1.66. The third-order valence-corrected chi connectivity index (χ3v) is 4.44. The van der Waals surface area contributed by atoms with Crippen LogP contribution in [0.15, 0.2) is 0 Å². The van der Waals surface area contributed by atoms with Crippen LogP contribution in [0.3, 0.4) is 0 Å². The van der Waals surface area contributed by atoms with E-state index in [1.807, 2.05) is 6.26 Å². The maximum Gasteiger partial charge on any atom is 0.187 e. The average Bonchev–Trinajstić information content (AvgIpc) is 2.76. The van der Waals surface area contributed by atoms with Gasteiger partial charge in [0.25, 0.3) is 0 Å². The van der Waals surface area contributed by atoms with E-state index in [1.54, 1.807) is 0 Å². The number of hydrogen-bond acceptors (Lipinski definition) is 10. The molecule has 0 saturated carbocycles. The normalized spacial score (nSPS) is 49.5. The zero-order valence-electron chi connectivity index (χ0n) is 11.9. The highest BCUT2D eigenvalue weighted by Gasteiger charge is 2.50. The molecule has 0 radical (unpaired) electrons. The van der Waals surface area contributed by atoms with Crippen molar-refractivity contribution < 1.29 is 44.8 Å². The summed E-state index contributed by atoms with van der Waals surface area (Å²) in [5.41, 5.74) is 0. The third kappa shape index (κ3) is 3.56. The maximum absolute atomic E-state index is 10.0. The molecular formula is C12H22O9S. The van der Waals surface area contributed by atoms with Gasteiger partial charge in [0, 0.05) is 5.75 Å². The fraction of sp³-hybridized carbons (Fsp3) is 1.00. The Morgan fingerprint density at radius 1 is 0.909 bits per heavy atom. The van der Waals surface area contributed by atoms with Crippen molar-refractivity contribution in [3.8, 4) is 0 Å². The molecule has 6 N–H and O–H groups in total. The maximum atomic E-state index is 10.0. The van der Waals surface area contributed by atoms with Crippen molar-refractivity contribution in [1.29, 1.82) is 0 Å². The topological polar surface area (TPSA) is 149 Å². The molecule has 2 saturated heterocycles. The molecule has 0 amide bonds. The SMILES string of the molecule is CSC[C@@H]1O[C@H](O[C@@H]2C(O)[C@H](O)OC(CO)[C@@H]2O)C(O)C1O. The Bertz CT molecular complexity index is 359. The molecule has 2 aliphatic heterocycles. The first-order valence-corrected chi connectivity index (χ1v) is 8.26. The Morgan fingerprint density at radius 3 is 2.18 bits per heavy atom. The summed E-state index contributed by atoms with van der Waals surface area (Å²) in [4.78, 5) is 0. The molecule has 22 heavy (non-hydrogen) atoms. The van der Waals surface area contributed by atoms with Gasteiger partial charge in [-0.15, -0.1) is 0 Å². The number of aliphatic hydroxyl groups excluding tert-OH is 6. The van der Waals surface area contributed by atoms with E-state index in [0.29, 0.717) is 5.75 Å². The molecule has 2 rings (SSSR count). The average molecular weight is 342 g/mol. The second kappa shape index (κ2) is 7.71. The highest BCUT2D eigenvalue weighted by Crippen LogP contribution is 2.29. The molecule has 0 aromatic rings. The van der Waals surface area contributed by atoms with Gasteiger partial charge in [0.05, 0.1) is 12.7 Å². The van der Waals surface area contributed by atoms with Crippen LogP contribution in [0, 0.1) is 0 Å². The van der Waals surface area contributed by atoms with Crippen molar-refractivity contribution in [3.63, 3.8) is 0 Å². The predicted molar refractivity (Wildman–Crippen MR) is 73.9 cm³/mol. The summed E-state index contributed by atoms with van der Waals surface area (Å²) in [6.07, 6.45) is -9.81. The van der Waals surface area contributed by atoms with E-state index in [1.165, 1.54) is 11.8 Å². The van der Waals surface area contributed by atoms with Crippen molar-refractivity contribution in [2.45, 2.75) is 55.3 Å². The van der Waals surface area contributed by atoms with Gasteiger partial charge in [-0.25, -0.2) is 0 Å². The predicted octanol–water partition coefficient (Wildman–Crippen LogP) is -3.39. The molecule has 0 spiro atoms. The molecule has 0 aromatic heterocycles. The van der Waals surface area contributed by atoms with Gasteiger partial charge in [-0.3, -0.25) is 0 Å². The van der Waals surface area contributed by atoms with E-state index in [0.717, 1.165) is 0 Å². The standard InChI is InChI=1S/C12H22O9S/c1-22-3-5-6(14)8(16)12(20-5)21-10-7(15)4(2-13)19-11(18)9(10)17/h4-18H,2-3H2,1H3/t4?,5-,6?,7-,8?,9?,10-,11+,12+/m0/s1. The molecule has 0 aromatic carbocycles. The number of rotatable bonds is 5. The lowest BCUT2D eigenvalue weighted by Crippen LogP contribution is -2.60. The smallest absolute Gasteiger partial charge is 0.187 e. The highest BCUT2D eigenvalue weighted by atomic mass is 32.2. The van der Waals surface area contributed by atoms with Crippen LogP contribution in [0.2, 0.25) is 0 Å². The summed E-state index contributed by atoms with van der Waals surface area (Å²) in [6, 6.07) is 0. The fourth-order valence-electron chi connectivity index (χ4n) is 2.51. The van der Waals surface area contributed by atoms with E-state index < -0.39 is 61.9 Å². The molecule has 9 nitrogen and oxygen atoms in total. The van der Waals surface area contributed by atoms with Gasteiger partial charge in [-0.05, 0) is 6.26 Å². The van der Waals surface area contributed by atoms with Gasteiger partial charge in [0.1, 0.15) is 36.6 Å². The molecule has 10 heteroatoms. The molecule has 4 unspecified atom stereocenters. The lowest BCUT2D eigenvalue weighted by Gasteiger charge is -2.41. The monoisotopic (exact) mass is 342 g/mol. The molecule has 2 heterocycles. The Balaban J connectivity index is 2.04. The van der Waals surface area contributed by atoms with Crippen molar-refractivity contribution >= 4 is 11.8 Å². The number of ether oxygens (including phenoxy) is 3. The quantitative estimate of drug-likeness (QED) is 0.299. The van der Waals surface area contributed by atoms with Crippen LogP contribution < -0.4 is 0 Å². The molecule has 2 aliphatic rings. The minimum absolute atomic E-state index is 0.429. The molecule has 0 aliphatic carbocycles. The number of thioether (sulfide) groups is 1. The zero-order valence-corrected chi connectivity index (χ0v) is 12.7. The molecule has 2 fully saturated rings. The first kappa shape index (κ1) is 18.3. The second-order valence-corrected chi connectivity index (χ2v) is 6.22. The van der Waals surface area contributed by atoms with Crippen LogP contribution in [0.4, 0.5) is 0 Å². The molecular weight excluding hydrogens is 320 g/mol. The van der Waals surface area contributed by atoms with Crippen LogP contribution in [0.5, 0.6) is 0 Å². The van der Waals surface area contributed by atoms with Crippen molar-refractivity contribution in [3.05, 3.63) is 0 Å². The first-order chi connectivity index (χ1) is 10.4. The van der Waals surface area contributed by atoms with Crippen LogP contribution in [-0.4, -0.2) is 105 Å². The van der Waals surface area contributed by atoms with Crippen molar-refractivity contribution in [2.24, 2.45) is 0 Å². The van der Waals surface area contributed by atoms with Gasteiger partial charge < -0.3 is 44.8 Å². The van der Waals surface area contributed by atoms with E-state index in [-0.39, 0.29) is 0 Å². The molecule has 0 bridgehead atoms. The summed E-state index contributed by atoms with van der Waals surface area (Å²) < 4.78 is 15.6. The highest BCUT2D eigenvalue weighted by molar-refractivity contribution is 7.98. The van der Waals surface area contributed by atoms with E-state index in [9.17, 15) is 25.5 Å². The Labute approximate surface area is 131 Å². The lowest BCUT2D eigenvalue weighted by molar-refractivity contribution is -0.320. The van der Waals surface area contributed by atoms with Crippen LogP contribution in [-0.2, 0) is 14.2 Å². The summed E-state index contributed by atoms with van der Waals surface area (Å²) in [5, 5.41) is 58.3. The first-order valence-electron chi connectivity index (χ1n) is 6.87. The number of aliphatic hydroxyl groups is 6. The third-order valence-electron chi connectivity index (χ3n) is 3.78. The van der Waals surface area contributed by atoms with Gasteiger partial charge >= 0.3 is 0 Å². The van der Waals surface area contributed by atoms with Gasteiger partial charge in [-0.2, -0.15) is 11.8 Å². The lowest BCUT2D eigenvalue weighted by atomic mass is 9.99. The van der Waals surface area contributed by atoms with Crippen LogP contribution in [0.1, 0.15) is 0 Å². The van der Waals surface area contributed by atoms with E-state index in [2.05, 4.69) is 0 Å². The Hall–Kier alpha value is -0.0100. The zero-order chi connectivity index (χ0) is 16.4. The largest absolute Gasteiger partial charge is 0.394 e. The summed E-state index contributed by atoms with van der Waals surface area (Å²) in [6.45, 7) is -0.587. The summed E-state index contributed by atoms with van der Waals surface area (Å²) in [7, 11) is 0. The van der Waals surface area contributed by atoms with Gasteiger partial charge in [0.15, 0.2) is 12.6 Å². The van der Waals surface area contributed by atoms with Gasteiger partial charge in [0.2, 0.25) is 0 Å². The Morgan fingerprint density at radius 2 is 1.59 bits per heavy atom. The van der Waals surface area contributed by atoms with Crippen LogP contribution >= 0.6 is 11.8 Å². The molecule has 130 valence electrons. The van der Waals surface area contributed by atoms with Gasteiger partial charge in [-0.1, -0.05) is 0 Å². The van der Waals surface area contributed by atoms with Crippen LogP contribution in [0.25, 0.3) is 0 Å². The second-order valence-electron chi connectivity index (χ2n) is 5.31. The molecule has 9 atom stereocenters. The summed E-state index contributed by atoms with van der Waals surface area (Å²) >= 11 is 1.41. The number of hydrogen-bond donors (Lipinski definition) is 6.